The number of hydrogen-bond donors (Lipinski definition) is 2. The Hall–Kier alpha value is -1.59. The molecule has 21 heavy (non-hydrogen) atoms. The number of hydrogen-bond acceptors (Lipinski definition) is 3. The minimum Gasteiger partial charge on any atom is -0.398 e. The van der Waals surface area contributed by atoms with Crippen molar-refractivity contribution in [2.45, 2.75) is 37.1 Å². The third-order valence-corrected chi connectivity index (χ3v) is 5.64. The number of fused-ring (bicyclic) bond motifs is 1. The maximum atomic E-state index is 12.6. The Morgan fingerprint density at radius 2 is 1.90 bits per heavy atom. The third-order valence-electron chi connectivity index (χ3n) is 4.10. The van der Waals surface area contributed by atoms with Gasteiger partial charge in [-0.3, -0.25) is 0 Å². The average Bonchev–Trinajstić information content (AvgIpc) is 3.16. The molecule has 2 unspecified atom stereocenters. The maximum Gasteiger partial charge on any atom is 0.241 e. The molecule has 0 bridgehead atoms. The Morgan fingerprint density at radius 1 is 1.19 bits per heavy atom. The summed E-state index contributed by atoms with van der Waals surface area (Å²) >= 11 is 0. The molecule has 112 valence electrons. The van der Waals surface area contributed by atoms with Crippen LogP contribution in [0.3, 0.4) is 0 Å². The number of rotatable bonds is 5. The predicted molar refractivity (Wildman–Crippen MR) is 85.5 cm³/mol. The molecule has 2 aromatic carbocycles. The third kappa shape index (κ3) is 2.76. The minimum atomic E-state index is -3.50. The van der Waals surface area contributed by atoms with E-state index in [0.29, 0.717) is 21.9 Å². The fourth-order valence-corrected chi connectivity index (χ4v) is 4.40. The first-order chi connectivity index (χ1) is 10.0. The molecule has 1 saturated carbocycles. The molecule has 5 heteroatoms. The molecule has 0 aliphatic heterocycles. The molecule has 0 aromatic heterocycles. The van der Waals surface area contributed by atoms with E-state index >= 15 is 0 Å². The second kappa shape index (κ2) is 5.31. The highest BCUT2D eigenvalue weighted by atomic mass is 32.2. The number of nitrogen functional groups attached to an aromatic ring is 1. The number of nitrogens with one attached hydrogen (secondary N) is 1. The van der Waals surface area contributed by atoms with Crippen LogP contribution in [0, 0.1) is 5.92 Å². The van der Waals surface area contributed by atoms with Crippen LogP contribution in [0.2, 0.25) is 0 Å². The zero-order valence-electron chi connectivity index (χ0n) is 12.0. The normalized spacial score (nSPS) is 21.6. The maximum absolute atomic E-state index is 12.6. The zero-order chi connectivity index (χ0) is 15.0. The van der Waals surface area contributed by atoms with Gasteiger partial charge in [-0.1, -0.05) is 37.6 Å². The Balaban J connectivity index is 1.95. The molecule has 0 saturated heterocycles. The smallest absolute Gasteiger partial charge is 0.241 e. The van der Waals surface area contributed by atoms with Gasteiger partial charge in [-0.2, -0.15) is 0 Å². The molecule has 0 amide bonds. The average molecular weight is 304 g/mol. The lowest BCUT2D eigenvalue weighted by atomic mass is 10.1. The molecule has 1 aliphatic carbocycles. The molecular formula is C16H20N2O2S. The fraction of sp³-hybridized carbons (Fsp3) is 0.375. The quantitative estimate of drug-likeness (QED) is 0.834. The van der Waals surface area contributed by atoms with Crippen LogP contribution in [0.1, 0.15) is 26.2 Å². The Kier molecular flexibility index (Phi) is 3.63. The van der Waals surface area contributed by atoms with Crippen molar-refractivity contribution in [2.24, 2.45) is 5.92 Å². The van der Waals surface area contributed by atoms with Gasteiger partial charge in [0.2, 0.25) is 10.0 Å². The summed E-state index contributed by atoms with van der Waals surface area (Å²) in [6.07, 6.45) is 3.11. The van der Waals surface area contributed by atoms with E-state index in [-0.39, 0.29) is 6.04 Å². The monoisotopic (exact) mass is 304 g/mol. The van der Waals surface area contributed by atoms with Crippen molar-refractivity contribution in [3.05, 3.63) is 36.4 Å². The van der Waals surface area contributed by atoms with E-state index in [0.717, 1.165) is 24.6 Å². The molecule has 2 atom stereocenters. The summed E-state index contributed by atoms with van der Waals surface area (Å²) in [6, 6.07) is 10.7. The SMILES string of the molecule is CCCC1CC1NS(=O)(=O)c1ccc(N)c2ccccc12. The van der Waals surface area contributed by atoms with Crippen molar-refractivity contribution in [3.8, 4) is 0 Å². The first-order valence-electron chi connectivity index (χ1n) is 7.32. The number of anilines is 1. The topological polar surface area (TPSA) is 72.2 Å². The minimum absolute atomic E-state index is 0.0891. The van der Waals surface area contributed by atoms with Crippen LogP contribution in [0.4, 0.5) is 5.69 Å². The summed E-state index contributed by atoms with van der Waals surface area (Å²) in [7, 11) is -3.50. The lowest BCUT2D eigenvalue weighted by molar-refractivity contribution is 0.574. The highest BCUT2D eigenvalue weighted by Crippen LogP contribution is 2.36. The summed E-state index contributed by atoms with van der Waals surface area (Å²) in [5.41, 5.74) is 6.53. The van der Waals surface area contributed by atoms with E-state index in [1.54, 1.807) is 18.2 Å². The van der Waals surface area contributed by atoms with Crippen LogP contribution in [0.25, 0.3) is 10.8 Å². The van der Waals surface area contributed by atoms with Gasteiger partial charge in [0.1, 0.15) is 0 Å². The van der Waals surface area contributed by atoms with Crippen LogP contribution in [-0.4, -0.2) is 14.5 Å². The Bertz CT molecular complexity index is 771. The first kappa shape index (κ1) is 14.4. The van der Waals surface area contributed by atoms with E-state index in [1.165, 1.54) is 0 Å². The first-order valence-corrected chi connectivity index (χ1v) is 8.81. The molecular weight excluding hydrogens is 284 g/mol. The number of benzene rings is 2. The van der Waals surface area contributed by atoms with Gasteiger partial charge in [-0.25, -0.2) is 13.1 Å². The summed E-state index contributed by atoms with van der Waals surface area (Å²) in [6.45, 7) is 2.12. The van der Waals surface area contributed by atoms with Gasteiger partial charge in [-0.15, -0.1) is 0 Å². The molecule has 1 fully saturated rings. The number of sulfonamides is 1. The van der Waals surface area contributed by atoms with Gasteiger partial charge in [0.15, 0.2) is 0 Å². The fourth-order valence-electron chi connectivity index (χ4n) is 2.87. The molecule has 0 spiro atoms. The summed E-state index contributed by atoms with van der Waals surface area (Å²) in [5, 5.41) is 1.46. The van der Waals surface area contributed by atoms with Crippen molar-refractivity contribution < 1.29 is 8.42 Å². The largest absolute Gasteiger partial charge is 0.398 e. The van der Waals surface area contributed by atoms with Crippen molar-refractivity contribution in [3.63, 3.8) is 0 Å². The van der Waals surface area contributed by atoms with E-state index in [9.17, 15) is 8.42 Å². The van der Waals surface area contributed by atoms with E-state index < -0.39 is 10.0 Å². The van der Waals surface area contributed by atoms with Crippen LogP contribution in [0.5, 0.6) is 0 Å². The molecule has 0 radical (unpaired) electrons. The lowest BCUT2D eigenvalue weighted by Gasteiger charge is -2.11. The second-order valence-electron chi connectivity index (χ2n) is 5.71. The highest BCUT2D eigenvalue weighted by molar-refractivity contribution is 7.89. The zero-order valence-corrected chi connectivity index (χ0v) is 12.9. The molecule has 3 rings (SSSR count). The van der Waals surface area contributed by atoms with Crippen LogP contribution in [-0.2, 0) is 10.0 Å². The molecule has 4 nitrogen and oxygen atoms in total. The molecule has 1 aliphatic rings. The molecule has 3 N–H and O–H groups in total. The van der Waals surface area contributed by atoms with Crippen LogP contribution >= 0.6 is 0 Å². The van der Waals surface area contributed by atoms with Crippen LogP contribution in [0.15, 0.2) is 41.3 Å². The van der Waals surface area contributed by atoms with Gasteiger partial charge >= 0.3 is 0 Å². The van der Waals surface area contributed by atoms with E-state index in [4.69, 9.17) is 5.73 Å². The summed E-state index contributed by atoms with van der Waals surface area (Å²) in [5.74, 6) is 0.491. The van der Waals surface area contributed by atoms with Crippen molar-refractivity contribution in [2.75, 3.05) is 5.73 Å². The van der Waals surface area contributed by atoms with E-state index in [2.05, 4.69) is 11.6 Å². The number of nitrogens with two attached hydrogens (primary N) is 1. The predicted octanol–water partition coefficient (Wildman–Crippen LogP) is 2.89. The standard InChI is InChI=1S/C16H20N2O2S/c1-2-5-11-10-15(11)18-21(19,20)16-9-8-14(17)12-6-3-4-7-13(12)16/h3-4,6-9,11,15,18H,2,5,10,17H2,1H3. The van der Waals surface area contributed by atoms with Crippen molar-refractivity contribution in [1.29, 1.82) is 0 Å². The van der Waals surface area contributed by atoms with Crippen molar-refractivity contribution >= 4 is 26.5 Å². The lowest BCUT2D eigenvalue weighted by Crippen LogP contribution is -2.27. The molecule has 0 heterocycles. The Labute approximate surface area is 125 Å². The van der Waals surface area contributed by atoms with Crippen LogP contribution < -0.4 is 10.5 Å². The van der Waals surface area contributed by atoms with Gasteiger partial charge in [-0.05, 0) is 30.9 Å². The van der Waals surface area contributed by atoms with Gasteiger partial charge in [0.05, 0.1) is 4.90 Å². The van der Waals surface area contributed by atoms with Gasteiger partial charge in [0, 0.05) is 22.5 Å². The van der Waals surface area contributed by atoms with Gasteiger partial charge in [0.25, 0.3) is 0 Å². The van der Waals surface area contributed by atoms with Gasteiger partial charge < -0.3 is 5.73 Å². The molecule has 2 aromatic rings. The highest BCUT2D eigenvalue weighted by Gasteiger charge is 2.39. The Morgan fingerprint density at radius 3 is 2.62 bits per heavy atom. The summed E-state index contributed by atoms with van der Waals surface area (Å²) < 4.78 is 28.0. The van der Waals surface area contributed by atoms with Crippen molar-refractivity contribution in [1.82, 2.24) is 4.72 Å². The second-order valence-corrected chi connectivity index (χ2v) is 7.39. The summed E-state index contributed by atoms with van der Waals surface area (Å²) in [4.78, 5) is 0.314. The van der Waals surface area contributed by atoms with E-state index in [1.807, 2.05) is 18.2 Å².